The molecule has 0 radical (unpaired) electrons. The normalized spacial score (nSPS) is 13.5. The van der Waals surface area contributed by atoms with Crippen LogP contribution in [0.3, 0.4) is 0 Å². The predicted molar refractivity (Wildman–Crippen MR) is 86.8 cm³/mol. The van der Waals surface area contributed by atoms with E-state index in [2.05, 4.69) is 10.6 Å². The van der Waals surface area contributed by atoms with E-state index >= 15 is 0 Å². The molecule has 0 aliphatic carbocycles. The second-order valence-corrected chi connectivity index (χ2v) is 6.25. The minimum atomic E-state index is -1.07. The van der Waals surface area contributed by atoms with Crippen molar-refractivity contribution in [1.29, 1.82) is 0 Å². The molecule has 0 aliphatic rings. The number of carbonyl (C=O) groups is 1. The molecule has 0 spiro atoms. The predicted octanol–water partition coefficient (Wildman–Crippen LogP) is 3.39. The molecule has 3 N–H and O–H groups in total. The largest absolute Gasteiger partial charge is 0.384 e. The lowest BCUT2D eigenvalue weighted by Gasteiger charge is -2.23. The van der Waals surface area contributed by atoms with Crippen LogP contribution >= 0.6 is 11.3 Å². The molecule has 1 unspecified atom stereocenters. The highest BCUT2D eigenvalue weighted by Crippen LogP contribution is 2.22. The minimum absolute atomic E-state index is 0.153. The quantitative estimate of drug-likeness (QED) is 0.811. The van der Waals surface area contributed by atoms with Crippen LogP contribution in [0.25, 0.3) is 0 Å². The number of aliphatic hydroxyl groups is 1. The van der Waals surface area contributed by atoms with Gasteiger partial charge in [-0.15, -0.1) is 0 Å². The standard InChI is InChI=1S/C16H20N2O2S/c1-11-6-12(2)8-14(7-11)18-15(19)17-10-16(3,20)13-4-5-21-9-13/h4-9,20H,10H2,1-3H3,(H2,17,18,19). The zero-order valence-electron chi connectivity index (χ0n) is 12.4. The molecule has 0 saturated heterocycles. The summed E-state index contributed by atoms with van der Waals surface area (Å²) in [5, 5.41) is 19.6. The number of nitrogens with one attached hydrogen (secondary N) is 2. The van der Waals surface area contributed by atoms with Crippen LogP contribution in [0.5, 0.6) is 0 Å². The van der Waals surface area contributed by atoms with E-state index in [0.717, 1.165) is 22.4 Å². The van der Waals surface area contributed by atoms with E-state index in [0.29, 0.717) is 0 Å². The van der Waals surface area contributed by atoms with E-state index in [-0.39, 0.29) is 12.6 Å². The average molecular weight is 304 g/mol. The first kappa shape index (κ1) is 15.5. The molecule has 1 aromatic heterocycles. The summed E-state index contributed by atoms with van der Waals surface area (Å²) < 4.78 is 0. The van der Waals surface area contributed by atoms with E-state index in [4.69, 9.17) is 0 Å². The Bertz CT molecular complexity index is 601. The number of carbonyl (C=O) groups excluding carboxylic acids is 1. The number of aryl methyl sites for hydroxylation is 2. The van der Waals surface area contributed by atoms with E-state index in [1.54, 1.807) is 6.92 Å². The Morgan fingerprint density at radius 3 is 2.52 bits per heavy atom. The number of amides is 2. The summed E-state index contributed by atoms with van der Waals surface area (Å²) >= 11 is 1.52. The second-order valence-electron chi connectivity index (χ2n) is 5.47. The maximum atomic E-state index is 11.9. The number of benzene rings is 1. The molecular weight excluding hydrogens is 284 g/mol. The van der Waals surface area contributed by atoms with Gasteiger partial charge in [-0.2, -0.15) is 11.3 Å². The molecule has 2 aromatic rings. The Morgan fingerprint density at radius 1 is 1.29 bits per heavy atom. The van der Waals surface area contributed by atoms with Gasteiger partial charge in [-0.25, -0.2) is 4.79 Å². The van der Waals surface area contributed by atoms with Gasteiger partial charge in [-0.3, -0.25) is 0 Å². The van der Waals surface area contributed by atoms with E-state index in [1.165, 1.54) is 11.3 Å². The number of urea groups is 1. The Hall–Kier alpha value is -1.85. The molecule has 0 bridgehead atoms. The Morgan fingerprint density at radius 2 is 1.95 bits per heavy atom. The van der Waals surface area contributed by atoms with Crippen LogP contribution in [-0.4, -0.2) is 17.7 Å². The number of hydrogen-bond donors (Lipinski definition) is 3. The molecule has 2 amide bonds. The maximum Gasteiger partial charge on any atom is 0.319 e. The van der Waals surface area contributed by atoms with Crippen LogP contribution in [0.4, 0.5) is 10.5 Å². The molecule has 0 aliphatic heterocycles. The number of hydrogen-bond acceptors (Lipinski definition) is 3. The van der Waals surface area contributed by atoms with Crippen molar-refractivity contribution < 1.29 is 9.90 Å². The van der Waals surface area contributed by atoms with Gasteiger partial charge in [-0.1, -0.05) is 6.07 Å². The van der Waals surface area contributed by atoms with Crippen molar-refractivity contribution in [3.05, 3.63) is 51.7 Å². The molecular formula is C16H20N2O2S. The molecule has 4 nitrogen and oxygen atoms in total. The minimum Gasteiger partial charge on any atom is -0.384 e. The van der Waals surface area contributed by atoms with Crippen LogP contribution in [0.1, 0.15) is 23.6 Å². The molecule has 2 rings (SSSR count). The van der Waals surface area contributed by atoms with Crippen molar-refractivity contribution in [2.75, 3.05) is 11.9 Å². The van der Waals surface area contributed by atoms with Gasteiger partial charge in [0, 0.05) is 5.69 Å². The zero-order chi connectivity index (χ0) is 15.5. The fourth-order valence-corrected chi connectivity index (χ4v) is 2.93. The first-order chi connectivity index (χ1) is 9.87. The maximum absolute atomic E-state index is 11.9. The summed E-state index contributed by atoms with van der Waals surface area (Å²) in [6.45, 7) is 5.81. The summed E-state index contributed by atoms with van der Waals surface area (Å²) in [7, 11) is 0. The third kappa shape index (κ3) is 4.31. The highest BCUT2D eigenvalue weighted by molar-refractivity contribution is 7.08. The molecule has 112 valence electrons. The highest BCUT2D eigenvalue weighted by atomic mass is 32.1. The van der Waals surface area contributed by atoms with Crippen LogP contribution in [-0.2, 0) is 5.60 Å². The SMILES string of the molecule is Cc1cc(C)cc(NC(=O)NCC(C)(O)c2ccsc2)c1. The van der Waals surface area contributed by atoms with Gasteiger partial charge in [0.1, 0.15) is 5.60 Å². The highest BCUT2D eigenvalue weighted by Gasteiger charge is 2.24. The first-order valence-corrected chi connectivity index (χ1v) is 7.69. The van der Waals surface area contributed by atoms with Gasteiger partial charge < -0.3 is 15.7 Å². The topological polar surface area (TPSA) is 61.4 Å². The van der Waals surface area contributed by atoms with Gasteiger partial charge in [0.05, 0.1) is 6.54 Å². The van der Waals surface area contributed by atoms with E-state index in [1.807, 2.05) is 48.9 Å². The van der Waals surface area contributed by atoms with Crippen molar-refractivity contribution in [1.82, 2.24) is 5.32 Å². The van der Waals surface area contributed by atoms with Crippen LogP contribution in [0, 0.1) is 13.8 Å². The second kappa shape index (κ2) is 6.28. The molecule has 1 aromatic carbocycles. The van der Waals surface area contributed by atoms with Gasteiger partial charge >= 0.3 is 6.03 Å². The number of thiophene rings is 1. The Kier molecular flexibility index (Phi) is 4.65. The monoisotopic (exact) mass is 304 g/mol. The summed E-state index contributed by atoms with van der Waals surface area (Å²) in [6.07, 6.45) is 0. The number of anilines is 1. The van der Waals surface area contributed by atoms with Crippen LogP contribution in [0.15, 0.2) is 35.0 Å². The van der Waals surface area contributed by atoms with Crippen molar-refractivity contribution in [2.45, 2.75) is 26.4 Å². The summed E-state index contributed by atoms with van der Waals surface area (Å²) in [4.78, 5) is 11.9. The van der Waals surface area contributed by atoms with E-state index < -0.39 is 5.60 Å². The lowest BCUT2D eigenvalue weighted by Crippen LogP contribution is -2.40. The summed E-state index contributed by atoms with van der Waals surface area (Å²) in [5.74, 6) is 0. The molecule has 5 heteroatoms. The van der Waals surface area contributed by atoms with E-state index in [9.17, 15) is 9.90 Å². The van der Waals surface area contributed by atoms with Gasteiger partial charge in [0.2, 0.25) is 0 Å². The molecule has 1 atom stereocenters. The Labute approximate surface area is 128 Å². The first-order valence-electron chi connectivity index (χ1n) is 6.75. The third-order valence-corrected chi connectivity index (χ3v) is 3.90. The number of rotatable bonds is 4. The summed E-state index contributed by atoms with van der Waals surface area (Å²) in [5.41, 5.74) is 2.67. The van der Waals surface area contributed by atoms with Crippen molar-refractivity contribution in [2.24, 2.45) is 0 Å². The van der Waals surface area contributed by atoms with Crippen LogP contribution in [0.2, 0.25) is 0 Å². The molecule has 1 heterocycles. The fourth-order valence-electron chi connectivity index (χ4n) is 2.15. The average Bonchev–Trinajstić information content (AvgIpc) is 2.89. The molecule has 0 fully saturated rings. The lowest BCUT2D eigenvalue weighted by molar-refractivity contribution is 0.0604. The summed E-state index contributed by atoms with van der Waals surface area (Å²) in [6, 6.07) is 7.39. The van der Waals surface area contributed by atoms with Crippen molar-refractivity contribution in [3.8, 4) is 0 Å². The molecule has 0 saturated carbocycles. The van der Waals surface area contributed by atoms with Gasteiger partial charge in [0.25, 0.3) is 0 Å². The smallest absolute Gasteiger partial charge is 0.319 e. The fraction of sp³-hybridized carbons (Fsp3) is 0.312. The third-order valence-electron chi connectivity index (χ3n) is 3.22. The van der Waals surface area contributed by atoms with Crippen LogP contribution < -0.4 is 10.6 Å². The Balaban J connectivity index is 1.93. The lowest BCUT2D eigenvalue weighted by atomic mass is 9.99. The van der Waals surface area contributed by atoms with Gasteiger partial charge in [0.15, 0.2) is 0 Å². The molecule has 21 heavy (non-hydrogen) atoms. The zero-order valence-corrected chi connectivity index (χ0v) is 13.3. The van der Waals surface area contributed by atoms with Crippen molar-refractivity contribution >= 4 is 23.1 Å². The van der Waals surface area contributed by atoms with Gasteiger partial charge in [-0.05, 0) is 66.4 Å². The van der Waals surface area contributed by atoms with Crippen molar-refractivity contribution in [3.63, 3.8) is 0 Å².